The van der Waals surface area contributed by atoms with Crippen molar-refractivity contribution in [3.8, 4) is 0 Å². The Labute approximate surface area is 183 Å². The minimum atomic E-state index is -1.25. The van der Waals surface area contributed by atoms with E-state index in [1.807, 2.05) is 6.92 Å². The van der Waals surface area contributed by atoms with Crippen molar-refractivity contribution in [1.29, 1.82) is 0 Å². The van der Waals surface area contributed by atoms with E-state index in [1.165, 1.54) is 22.2 Å². The van der Waals surface area contributed by atoms with Crippen LogP contribution in [0.2, 0.25) is 0 Å². The Hall–Kier alpha value is -2.14. The molecule has 2 atom stereocenters. The standard InChI is InChI=1S/C26H33FN2O2/c1-5-31-21(30)10-11-25-13-26(14-25,15-25)23-22-19(18-8-6-7-9-20(18)28-22)12-17(2)29(23)16-24(3,4)27/h6-11,17,23,28H,5,12-16H2,1-4H3/b11-10+/t17-,23?,25?,26?/m1/s1. The Bertz CT molecular complexity index is 1030. The summed E-state index contributed by atoms with van der Waals surface area (Å²) >= 11 is 0. The highest BCUT2D eigenvalue weighted by Crippen LogP contribution is 2.79. The second-order valence-electron chi connectivity index (χ2n) is 10.7. The van der Waals surface area contributed by atoms with Crippen LogP contribution in [-0.4, -0.2) is 40.7 Å². The third-order valence-corrected chi connectivity index (χ3v) is 7.63. The van der Waals surface area contributed by atoms with Crippen molar-refractivity contribution in [1.82, 2.24) is 9.88 Å². The first-order valence-electron chi connectivity index (χ1n) is 11.6. The molecule has 1 aromatic carbocycles. The van der Waals surface area contributed by atoms with Gasteiger partial charge < -0.3 is 9.72 Å². The average Bonchev–Trinajstić information content (AvgIpc) is 2.99. The van der Waals surface area contributed by atoms with Crippen molar-refractivity contribution >= 4 is 16.9 Å². The molecule has 2 bridgehead atoms. The van der Waals surface area contributed by atoms with Gasteiger partial charge in [0.1, 0.15) is 5.67 Å². The van der Waals surface area contributed by atoms with Crippen molar-refractivity contribution in [2.24, 2.45) is 10.8 Å². The average molecular weight is 425 g/mol. The zero-order valence-corrected chi connectivity index (χ0v) is 19.0. The SMILES string of the molecule is CCOC(=O)/C=C/C12CC(C3c4[nH]c5ccccc5c4C[C@@H](C)N3CC(C)(C)F)(C1)C2. The van der Waals surface area contributed by atoms with E-state index in [-0.39, 0.29) is 28.9 Å². The summed E-state index contributed by atoms with van der Waals surface area (Å²) in [5.74, 6) is -0.258. The Morgan fingerprint density at radius 3 is 2.71 bits per heavy atom. The maximum atomic E-state index is 14.9. The highest BCUT2D eigenvalue weighted by Gasteiger charge is 2.71. The molecular weight excluding hydrogens is 391 g/mol. The van der Waals surface area contributed by atoms with Gasteiger partial charge in [0.15, 0.2) is 0 Å². The summed E-state index contributed by atoms with van der Waals surface area (Å²) in [6, 6.07) is 8.99. The van der Waals surface area contributed by atoms with Crippen LogP contribution in [0.3, 0.4) is 0 Å². The number of halogens is 1. The lowest BCUT2D eigenvalue weighted by Gasteiger charge is -2.74. The molecule has 0 saturated heterocycles. The van der Waals surface area contributed by atoms with E-state index in [0.29, 0.717) is 13.2 Å². The van der Waals surface area contributed by atoms with Crippen LogP contribution in [0.5, 0.6) is 0 Å². The Morgan fingerprint density at radius 1 is 1.32 bits per heavy atom. The number of esters is 1. The molecule has 0 spiro atoms. The van der Waals surface area contributed by atoms with Gasteiger partial charge in [0.25, 0.3) is 0 Å². The first-order valence-corrected chi connectivity index (χ1v) is 11.6. The van der Waals surface area contributed by atoms with Crippen molar-refractivity contribution < 1.29 is 13.9 Å². The summed E-state index contributed by atoms with van der Waals surface area (Å²) in [7, 11) is 0. The van der Waals surface area contributed by atoms with Crippen LogP contribution in [0.1, 0.15) is 64.3 Å². The summed E-state index contributed by atoms with van der Waals surface area (Å²) in [6.07, 6.45) is 7.75. The number of ether oxygens (including phenoxy) is 1. The van der Waals surface area contributed by atoms with Gasteiger partial charge in [-0.05, 0) is 75.8 Å². The minimum Gasteiger partial charge on any atom is -0.463 e. The Morgan fingerprint density at radius 2 is 2.03 bits per heavy atom. The van der Waals surface area contributed by atoms with Crippen molar-refractivity contribution in [3.63, 3.8) is 0 Å². The number of aromatic nitrogens is 1. The number of hydrogen-bond acceptors (Lipinski definition) is 3. The molecule has 2 heterocycles. The van der Waals surface area contributed by atoms with Crippen LogP contribution >= 0.6 is 0 Å². The van der Waals surface area contributed by atoms with E-state index in [9.17, 15) is 9.18 Å². The zero-order chi connectivity index (χ0) is 22.0. The number of hydrogen-bond donors (Lipinski definition) is 1. The summed E-state index contributed by atoms with van der Waals surface area (Å²) < 4.78 is 19.9. The monoisotopic (exact) mass is 424 g/mol. The molecule has 3 aliphatic carbocycles. The number of para-hydroxylation sites is 1. The molecule has 1 aromatic heterocycles. The normalized spacial score (nSPS) is 32.5. The van der Waals surface area contributed by atoms with E-state index in [1.54, 1.807) is 19.9 Å². The highest BCUT2D eigenvalue weighted by molar-refractivity contribution is 5.85. The third kappa shape index (κ3) is 3.32. The predicted octanol–water partition coefficient (Wildman–Crippen LogP) is 5.49. The van der Waals surface area contributed by atoms with Gasteiger partial charge in [-0.25, -0.2) is 9.18 Å². The topological polar surface area (TPSA) is 45.3 Å². The number of carbonyl (C=O) groups excluding carboxylic acids is 1. The summed E-state index contributed by atoms with van der Waals surface area (Å²) in [5.41, 5.74) is 2.87. The fourth-order valence-electron chi connectivity index (χ4n) is 6.70. The number of alkyl halides is 1. The fraction of sp³-hybridized carbons (Fsp3) is 0.577. The molecule has 2 aromatic rings. The highest BCUT2D eigenvalue weighted by atomic mass is 19.1. The molecule has 3 saturated carbocycles. The van der Waals surface area contributed by atoms with Gasteiger partial charge in [-0.15, -0.1) is 0 Å². The maximum Gasteiger partial charge on any atom is 0.330 e. The van der Waals surface area contributed by atoms with E-state index in [0.717, 1.165) is 25.7 Å². The second-order valence-corrected chi connectivity index (χ2v) is 10.7. The molecule has 0 amide bonds. The molecule has 4 nitrogen and oxygen atoms in total. The predicted molar refractivity (Wildman–Crippen MR) is 121 cm³/mol. The molecule has 1 N–H and O–H groups in total. The molecule has 5 heteroatoms. The van der Waals surface area contributed by atoms with Crippen molar-refractivity contribution in [3.05, 3.63) is 47.7 Å². The fourth-order valence-corrected chi connectivity index (χ4v) is 6.70. The smallest absolute Gasteiger partial charge is 0.330 e. The molecular formula is C26H33FN2O2. The molecule has 4 aliphatic rings. The zero-order valence-electron chi connectivity index (χ0n) is 19.0. The van der Waals surface area contributed by atoms with Gasteiger partial charge >= 0.3 is 5.97 Å². The second kappa shape index (κ2) is 6.93. The van der Waals surface area contributed by atoms with Gasteiger partial charge in [0.2, 0.25) is 0 Å². The number of benzene rings is 1. The molecule has 6 rings (SSSR count). The van der Waals surface area contributed by atoms with Gasteiger partial charge in [-0.3, -0.25) is 4.90 Å². The van der Waals surface area contributed by atoms with Gasteiger partial charge in [0, 0.05) is 35.3 Å². The lowest BCUT2D eigenvalue weighted by molar-refractivity contribution is -0.224. The first kappa shape index (κ1) is 20.7. The Kier molecular flexibility index (Phi) is 4.64. The molecule has 3 fully saturated rings. The number of aromatic amines is 1. The van der Waals surface area contributed by atoms with Crippen LogP contribution in [0.15, 0.2) is 36.4 Å². The minimum absolute atomic E-state index is 0.108. The molecule has 166 valence electrons. The lowest BCUT2D eigenvalue weighted by Crippen LogP contribution is -2.68. The molecule has 31 heavy (non-hydrogen) atoms. The number of rotatable bonds is 6. The molecule has 1 aliphatic heterocycles. The molecule has 1 unspecified atom stereocenters. The Balaban J connectivity index is 1.48. The quantitative estimate of drug-likeness (QED) is 0.492. The van der Waals surface area contributed by atoms with E-state index >= 15 is 0 Å². The van der Waals surface area contributed by atoms with Crippen LogP contribution in [0.4, 0.5) is 4.39 Å². The van der Waals surface area contributed by atoms with Gasteiger partial charge in [-0.1, -0.05) is 24.3 Å². The van der Waals surface area contributed by atoms with Crippen molar-refractivity contribution in [2.45, 2.75) is 71.1 Å². The van der Waals surface area contributed by atoms with Crippen LogP contribution < -0.4 is 0 Å². The lowest BCUT2D eigenvalue weighted by atomic mass is 9.32. The summed E-state index contributed by atoms with van der Waals surface area (Å²) in [6.45, 7) is 8.26. The van der Waals surface area contributed by atoms with E-state index < -0.39 is 5.67 Å². The number of allylic oxidation sites excluding steroid dienone is 1. The first-order chi connectivity index (χ1) is 14.7. The largest absolute Gasteiger partial charge is 0.463 e. The van der Waals surface area contributed by atoms with Crippen LogP contribution in [-0.2, 0) is 16.0 Å². The van der Waals surface area contributed by atoms with Crippen LogP contribution in [0, 0.1) is 10.8 Å². The van der Waals surface area contributed by atoms with Crippen LogP contribution in [0.25, 0.3) is 10.9 Å². The number of nitrogens with one attached hydrogen (secondary N) is 1. The summed E-state index contributed by atoms with van der Waals surface area (Å²) in [4.78, 5) is 17.9. The van der Waals surface area contributed by atoms with E-state index in [2.05, 4.69) is 47.1 Å². The number of fused-ring (bicyclic) bond motifs is 3. The molecule has 0 radical (unpaired) electrons. The summed E-state index contributed by atoms with van der Waals surface area (Å²) in [5, 5.41) is 1.30. The third-order valence-electron chi connectivity index (χ3n) is 7.63. The van der Waals surface area contributed by atoms with Crippen molar-refractivity contribution in [2.75, 3.05) is 13.2 Å². The number of nitrogens with zero attached hydrogens (tertiary/aromatic N) is 1. The van der Waals surface area contributed by atoms with E-state index in [4.69, 9.17) is 4.74 Å². The number of carbonyl (C=O) groups is 1. The number of H-pyrrole nitrogens is 1. The van der Waals surface area contributed by atoms with Gasteiger partial charge in [-0.2, -0.15) is 0 Å². The maximum absolute atomic E-state index is 14.9. The van der Waals surface area contributed by atoms with Gasteiger partial charge in [0.05, 0.1) is 12.6 Å².